The molecule has 0 heterocycles. The summed E-state index contributed by atoms with van der Waals surface area (Å²) in [6.07, 6.45) is 8.67. The van der Waals surface area contributed by atoms with Crippen LogP contribution in [0.1, 0.15) is 73.1 Å². The zero-order valence-corrected chi connectivity index (χ0v) is 12.7. The van der Waals surface area contributed by atoms with E-state index in [4.69, 9.17) is 0 Å². The minimum Gasteiger partial charge on any atom is -0.312 e. The van der Waals surface area contributed by atoms with E-state index in [2.05, 4.69) is 39.9 Å². The van der Waals surface area contributed by atoms with Crippen LogP contribution in [0.5, 0.6) is 0 Å². The molecule has 102 valence electrons. The van der Waals surface area contributed by atoms with Crippen LogP contribution in [0, 0.1) is 17.8 Å². The van der Waals surface area contributed by atoms with Gasteiger partial charge in [0.05, 0.1) is 0 Å². The quantitative estimate of drug-likeness (QED) is 0.738. The average Bonchev–Trinajstić information content (AvgIpc) is 2.27. The highest BCUT2D eigenvalue weighted by Crippen LogP contribution is 2.35. The van der Waals surface area contributed by atoms with E-state index in [1.807, 2.05) is 0 Å². The van der Waals surface area contributed by atoms with Gasteiger partial charge in [0.1, 0.15) is 0 Å². The second kappa shape index (κ2) is 6.78. The van der Waals surface area contributed by atoms with Gasteiger partial charge < -0.3 is 5.32 Å². The molecule has 1 atom stereocenters. The minimum absolute atomic E-state index is 0.277. The smallest absolute Gasteiger partial charge is 0.00965 e. The number of rotatable bonds is 5. The van der Waals surface area contributed by atoms with E-state index in [9.17, 15) is 0 Å². The molecule has 0 spiro atoms. The molecule has 1 heteroatoms. The van der Waals surface area contributed by atoms with Crippen molar-refractivity contribution < 1.29 is 0 Å². The summed E-state index contributed by atoms with van der Waals surface area (Å²) in [6, 6.07) is 0. The minimum atomic E-state index is 0.277. The molecule has 0 aromatic rings. The fraction of sp³-hybridized carbons (Fsp3) is 1.00. The van der Waals surface area contributed by atoms with E-state index < -0.39 is 0 Å². The van der Waals surface area contributed by atoms with Crippen LogP contribution in [-0.2, 0) is 0 Å². The van der Waals surface area contributed by atoms with Gasteiger partial charge in [-0.05, 0) is 64.3 Å². The maximum Gasteiger partial charge on any atom is 0.00965 e. The first kappa shape index (κ1) is 15.0. The predicted octanol–water partition coefficient (Wildman–Crippen LogP) is 4.62. The normalized spacial score (nSPS) is 28.1. The maximum atomic E-state index is 3.61. The van der Waals surface area contributed by atoms with Gasteiger partial charge in [0.15, 0.2) is 0 Å². The Balaban J connectivity index is 2.18. The van der Waals surface area contributed by atoms with Gasteiger partial charge in [-0.15, -0.1) is 0 Å². The van der Waals surface area contributed by atoms with Gasteiger partial charge >= 0.3 is 0 Å². The molecule has 1 aliphatic rings. The molecule has 0 aliphatic heterocycles. The van der Waals surface area contributed by atoms with Gasteiger partial charge in [-0.25, -0.2) is 0 Å². The van der Waals surface area contributed by atoms with Crippen molar-refractivity contribution in [3.8, 4) is 0 Å². The van der Waals surface area contributed by atoms with Crippen molar-refractivity contribution in [3.05, 3.63) is 0 Å². The van der Waals surface area contributed by atoms with E-state index in [1.165, 1.54) is 45.1 Å². The van der Waals surface area contributed by atoms with Crippen LogP contribution in [-0.4, -0.2) is 12.1 Å². The molecule has 0 aromatic heterocycles. The molecule has 0 radical (unpaired) electrons. The molecular formula is C16H33N. The van der Waals surface area contributed by atoms with Gasteiger partial charge in [-0.2, -0.15) is 0 Å². The standard InChI is InChI=1S/C16H33N/c1-6-14-7-9-15(10-8-14)13(2)11-12-17-16(3,4)5/h13-15,17H,6-12H2,1-5H3. The second-order valence-electron chi connectivity index (χ2n) is 7.13. The second-order valence-corrected chi connectivity index (χ2v) is 7.13. The van der Waals surface area contributed by atoms with Crippen LogP contribution in [0.2, 0.25) is 0 Å². The van der Waals surface area contributed by atoms with Crippen molar-refractivity contribution in [2.24, 2.45) is 17.8 Å². The highest BCUT2D eigenvalue weighted by atomic mass is 14.9. The molecule has 1 aliphatic carbocycles. The molecule has 1 unspecified atom stereocenters. The Morgan fingerprint density at radius 1 is 1.12 bits per heavy atom. The number of hydrogen-bond donors (Lipinski definition) is 1. The summed E-state index contributed by atoms with van der Waals surface area (Å²) in [6.45, 7) is 12.7. The highest BCUT2D eigenvalue weighted by Gasteiger charge is 2.24. The first-order chi connectivity index (χ1) is 7.92. The third kappa shape index (κ3) is 5.90. The zero-order valence-electron chi connectivity index (χ0n) is 12.7. The van der Waals surface area contributed by atoms with Gasteiger partial charge in [0, 0.05) is 5.54 Å². The van der Waals surface area contributed by atoms with Crippen molar-refractivity contribution in [3.63, 3.8) is 0 Å². The van der Waals surface area contributed by atoms with Gasteiger partial charge in [0.25, 0.3) is 0 Å². The molecule has 0 saturated heterocycles. The summed E-state index contributed by atoms with van der Waals surface area (Å²) in [5.74, 6) is 2.94. The monoisotopic (exact) mass is 239 g/mol. The Labute approximate surface area is 109 Å². The summed E-state index contributed by atoms with van der Waals surface area (Å²) >= 11 is 0. The van der Waals surface area contributed by atoms with Crippen LogP contribution in [0.4, 0.5) is 0 Å². The van der Waals surface area contributed by atoms with Crippen LogP contribution < -0.4 is 5.32 Å². The Hall–Kier alpha value is -0.0400. The Bertz CT molecular complexity index is 196. The van der Waals surface area contributed by atoms with Crippen LogP contribution in [0.15, 0.2) is 0 Å². The summed E-state index contributed by atoms with van der Waals surface area (Å²) in [4.78, 5) is 0. The molecular weight excluding hydrogens is 206 g/mol. The van der Waals surface area contributed by atoms with Gasteiger partial charge in [-0.3, -0.25) is 0 Å². The predicted molar refractivity (Wildman–Crippen MR) is 77.3 cm³/mol. The van der Waals surface area contributed by atoms with Crippen molar-refractivity contribution in [2.75, 3.05) is 6.54 Å². The Morgan fingerprint density at radius 3 is 2.18 bits per heavy atom. The maximum absolute atomic E-state index is 3.61. The summed E-state index contributed by atoms with van der Waals surface area (Å²) in [5, 5.41) is 3.61. The van der Waals surface area contributed by atoms with Crippen molar-refractivity contribution in [1.82, 2.24) is 5.32 Å². The fourth-order valence-electron chi connectivity index (χ4n) is 3.08. The van der Waals surface area contributed by atoms with Crippen LogP contribution in [0.25, 0.3) is 0 Å². The lowest BCUT2D eigenvalue weighted by Crippen LogP contribution is -2.37. The van der Waals surface area contributed by atoms with Gasteiger partial charge in [0.2, 0.25) is 0 Å². The van der Waals surface area contributed by atoms with E-state index in [-0.39, 0.29) is 5.54 Å². The van der Waals surface area contributed by atoms with E-state index in [0.717, 1.165) is 17.8 Å². The fourth-order valence-corrected chi connectivity index (χ4v) is 3.08. The summed E-state index contributed by atoms with van der Waals surface area (Å²) < 4.78 is 0. The molecule has 17 heavy (non-hydrogen) atoms. The highest BCUT2D eigenvalue weighted by molar-refractivity contribution is 4.77. The summed E-state index contributed by atoms with van der Waals surface area (Å²) in [7, 11) is 0. The average molecular weight is 239 g/mol. The zero-order chi connectivity index (χ0) is 12.9. The van der Waals surface area contributed by atoms with E-state index in [0.29, 0.717) is 0 Å². The lowest BCUT2D eigenvalue weighted by Gasteiger charge is -2.32. The lowest BCUT2D eigenvalue weighted by atomic mass is 9.75. The summed E-state index contributed by atoms with van der Waals surface area (Å²) in [5.41, 5.74) is 0.277. The van der Waals surface area contributed by atoms with E-state index >= 15 is 0 Å². The lowest BCUT2D eigenvalue weighted by molar-refractivity contribution is 0.200. The SMILES string of the molecule is CCC1CCC(C(C)CCNC(C)(C)C)CC1. The first-order valence-corrected chi connectivity index (χ1v) is 7.67. The molecule has 1 fully saturated rings. The third-order valence-corrected chi connectivity index (χ3v) is 4.53. The number of hydrogen-bond acceptors (Lipinski definition) is 1. The Morgan fingerprint density at radius 2 is 1.71 bits per heavy atom. The molecule has 0 bridgehead atoms. The molecule has 0 amide bonds. The largest absolute Gasteiger partial charge is 0.312 e. The Kier molecular flexibility index (Phi) is 5.99. The van der Waals surface area contributed by atoms with Crippen molar-refractivity contribution >= 4 is 0 Å². The number of nitrogens with one attached hydrogen (secondary N) is 1. The topological polar surface area (TPSA) is 12.0 Å². The molecule has 1 rings (SSSR count). The van der Waals surface area contributed by atoms with Gasteiger partial charge in [-0.1, -0.05) is 33.1 Å². The van der Waals surface area contributed by atoms with Crippen molar-refractivity contribution in [1.29, 1.82) is 0 Å². The third-order valence-electron chi connectivity index (χ3n) is 4.53. The molecule has 1 nitrogen and oxygen atoms in total. The van der Waals surface area contributed by atoms with E-state index in [1.54, 1.807) is 0 Å². The van der Waals surface area contributed by atoms with Crippen LogP contribution >= 0.6 is 0 Å². The van der Waals surface area contributed by atoms with Crippen LogP contribution in [0.3, 0.4) is 0 Å². The first-order valence-electron chi connectivity index (χ1n) is 7.67. The molecule has 0 aromatic carbocycles. The van der Waals surface area contributed by atoms with Crippen molar-refractivity contribution in [2.45, 2.75) is 78.7 Å². The molecule has 1 N–H and O–H groups in total. The molecule has 1 saturated carbocycles.